The number of aliphatic hydroxyl groups is 1. The standard InChI is InChI=1S/C5H11NO.C4H7NO.C2H4/c1-4-2-5(7)3-6-4;6-3-5-4-1-2-4;1-2/h4-7H,2-3H2,1H3;3-4H,1-2H2,(H,5,6);1-2H2. The van der Waals surface area contributed by atoms with Gasteiger partial charge in [0.2, 0.25) is 6.41 Å². The van der Waals surface area contributed by atoms with Crippen molar-refractivity contribution >= 4 is 6.41 Å². The number of carbonyl (C=O) groups is 1. The van der Waals surface area contributed by atoms with Gasteiger partial charge in [-0.1, -0.05) is 0 Å². The molecule has 1 saturated carbocycles. The van der Waals surface area contributed by atoms with E-state index in [0.717, 1.165) is 19.4 Å². The molecule has 0 aromatic carbocycles. The van der Waals surface area contributed by atoms with Crippen molar-refractivity contribution in [3.8, 4) is 0 Å². The lowest BCUT2D eigenvalue weighted by Crippen LogP contribution is -2.17. The molecule has 2 unspecified atom stereocenters. The highest BCUT2D eigenvalue weighted by molar-refractivity contribution is 5.47. The molecular weight excluding hydrogens is 192 g/mol. The van der Waals surface area contributed by atoms with Gasteiger partial charge in [0, 0.05) is 18.6 Å². The lowest BCUT2D eigenvalue weighted by atomic mass is 10.2. The summed E-state index contributed by atoms with van der Waals surface area (Å²) in [5.41, 5.74) is 0. The maximum Gasteiger partial charge on any atom is 0.207 e. The maximum atomic E-state index is 9.54. The van der Waals surface area contributed by atoms with Gasteiger partial charge in [-0.3, -0.25) is 4.79 Å². The highest BCUT2D eigenvalue weighted by Crippen LogP contribution is 2.17. The van der Waals surface area contributed by atoms with E-state index in [2.05, 4.69) is 30.7 Å². The van der Waals surface area contributed by atoms with Crippen molar-refractivity contribution in [3.05, 3.63) is 13.2 Å². The van der Waals surface area contributed by atoms with Crippen molar-refractivity contribution in [2.75, 3.05) is 6.54 Å². The van der Waals surface area contributed by atoms with Gasteiger partial charge in [-0.05, 0) is 26.2 Å². The summed E-state index contributed by atoms with van der Waals surface area (Å²) in [6.45, 7) is 8.86. The number of rotatable bonds is 2. The first-order chi connectivity index (χ1) is 7.22. The highest BCUT2D eigenvalue weighted by Gasteiger charge is 2.19. The van der Waals surface area contributed by atoms with E-state index in [4.69, 9.17) is 5.11 Å². The van der Waals surface area contributed by atoms with Gasteiger partial charge in [-0.25, -0.2) is 0 Å². The molecule has 0 radical (unpaired) electrons. The van der Waals surface area contributed by atoms with Crippen LogP contribution in [0.1, 0.15) is 26.2 Å². The number of amides is 1. The zero-order valence-electron chi connectivity index (χ0n) is 9.41. The summed E-state index contributed by atoms with van der Waals surface area (Å²) in [7, 11) is 0. The van der Waals surface area contributed by atoms with E-state index >= 15 is 0 Å². The first-order valence-corrected chi connectivity index (χ1v) is 5.33. The molecule has 2 rings (SSSR count). The van der Waals surface area contributed by atoms with E-state index in [-0.39, 0.29) is 6.10 Å². The number of hydrogen-bond acceptors (Lipinski definition) is 3. The van der Waals surface area contributed by atoms with Crippen LogP contribution in [0.15, 0.2) is 13.2 Å². The van der Waals surface area contributed by atoms with Crippen LogP contribution in [0.4, 0.5) is 0 Å². The summed E-state index contributed by atoms with van der Waals surface area (Å²) < 4.78 is 0. The van der Waals surface area contributed by atoms with Crippen LogP contribution in [0, 0.1) is 0 Å². The summed E-state index contributed by atoms with van der Waals surface area (Å²) in [4.78, 5) is 9.54. The minimum Gasteiger partial charge on any atom is -0.392 e. The zero-order valence-corrected chi connectivity index (χ0v) is 9.41. The molecule has 0 bridgehead atoms. The van der Waals surface area contributed by atoms with Gasteiger partial charge in [-0.15, -0.1) is 13.2 Å². The Hall–Kier alpha value is -0.870. The lowest BCUT2D eigenvalue weighted by molar-refractivity contribution is -0.109. The molecular formula is C11H22N2O2. The summed E-state index contributed by atoms with van der Waals surface area (Å²) in [5, 5.41) is 14.6. The Labute approximate surface area is 91.8 Å². The minimum absolute atomic E-state index is 0.0880. The van der Waals surface area contributed by atoms with E-state index in [1.54, 1.807) is 0 Å². The summed E-state index contributed by atoms with van der Waals surface area (Å²) in [6.07, 6.45) is 3.95. The maximum absolute atomic E-state index is 9.54. The molecule has 0 aromatic heterocycles. The van der Waals surface area contributed by atoms with Crippen LogP contribution in [0.3, 0.4) is 0 Å². The third-order valence-electron chi connectivity index (χ3n) is 2.21. The van der Waals surface area contributed by atoms with Crippen molar-refractivity contribution in [2.45, 2.75) is 44.4 Å². The first kappa shape index (κ1) is 14.1. The third kappa shape index (κ3) is 8.15. The van der Waals surface area contributed by atoms with Crippen LogP contribution >= 0.6 is 0 Å². The van der Waals surface area contributed by atoms with Crippen LogP contribution in [-0.4, -0.2) is 36.2 Å². The average Bonchev–Trinajstić information content (AvgIpc) is 2.97. The molecule has 4 heteroatoms. The minimum atomic E-state index is -0.0880. The fourth-order valence-corrected chi connectivity index (χ4v) is 1.26. The Morgan fingerprint density at radius 3 is 2.20 bits per heavy atom. The Kier molecular flexibility index (Phi) is 7.95. The molecule has 1 aliphatic heterocycles. The van der Waals surface area contributed by atoms with E-state index in [1.807, 2.05) is 0 Å². The summed E-state index contributed by atoms with van der Waals surface area (Å²) in [6, 6.07) is 1.05. The smallest absolute Gasteiger partial charge is 0.207 e. The molecule has 2 atom stereocenters. The first-order valence-electron chi connectivity index (χ1n) is 5.33. The second-order valence-electron chi connectivity index (χ2n) is 3.76. The second-order valence-corrected chi connectivity index (χ2v) is 3.76. The molecule has 88 valence electrons. The number of β-amino-alcohol motifs (C(OH)–C–C–N with tert-alkyl or cyclic N) is 1. The normalized spacial score (nSPS) is 27.9. The van der Waals surface area contributed by atoms with Crippen LogP contribution in [0.2, 0.25) is 0 Å². The molecule has 2 aliphatic rings. The zero-order chi connectivity index (χ0) is 11.7. The molecule has 1 saturated heterocycles. The van der Waals surface area contributed by atoms with Crippen molar-refractivity contribution in [1.29, 1.82) is 0 Å². The molecule has 1 amide bonds. The Morgan fingerprint density at radius 1 is 1.47 bits per heavy atom. The molecule has 15 heavy (non-hydrogen) atoms. The van der Waals surface area contributed by atoms with Crippen LogP contribution < -0.4 is 10.6 Å². The van der Waals surface area contributed by atoms with Gasteiger partial charge >= 0.3 is 0 Å². The van der Waals surface area contributed by atoms with Gasteiger partial charge < -0.3 is 15.7 Å². The summed E-state index contributed by atoms with van der Waals surface area (Å²) in [5.74, 6) is 0. The molecule has 3 N–H and O–H groups in total. The molecule has 4 nitrogen and oxygen atoms in total. The number of nitrogens with one attached hydrogen (secondary N) is 2. The molecule has 2 fully saturated rings. The van der Waals surface area contributed by atoms with Gasteiger partial charge in [0.05, 0.1) is 6.10 Å². The Bertz CT molecular complexity index is 164. The number of aliphatic hydroxyl groups excluding tert-OH is 1. The predicted octanol–water partition coefficient (Wildman–Crippen LogP) is 0.426. The monoisotopic (exact) mass is 214 g/mol. The van der Waals surface area contributed by atoms with Crippen molar-refractivity contribution < 1.29 is 9.90 Å². The van der Waals surface area contributed by atoms with Crippen molar-refractivity contribution in [1.82, 2.24) is 10.6 Å². The SMILES string of the molecule is C=C.CC1CC(O)CN1.O=CNC1CC1. The molecule has 1 heterocycles. The lowest BCUT2D eigenvalue weighted by Gasteiger charge is -1.95. The van der Waals surface area contributed by atoms with E-state index in [0.29, 0.717) is 12.1 Å². The molecule has 1 aliphatic carbocycles. The average molecular weight is 214 g/mol. The fraction of sp³-hybridized carbons (Fsp3) is 0.727. The Morgan fingerprint density at radius 2 is 2.07 bits per heavy atom. The third-order valence-corrected chi connectivity index (χ3v) is 2.21. The second kappa shape index (κ2) is 8.44. The van der Waals surface area contributed by atoms with E-state index in [1.165, 1.54) is 12.8 Å². The van der Waals surface area contributed by atoms with Crippen LogP contribution in [-0.2, 0) is 4.79 Å². The van der Waals surface area contributed by atoms with Gasteiger partial charge in [0.25, 0.3) is 0 Å². The quantitative estimate of drug-likeness (QED) is 0.461. The largest absolute Gasteiger partial charge is 0.392 e. The predicted molar refractivity (Wildman–Crippen MR) is 61.6 cm³/mol. The van der Waals surface area contributed by atoms with Crippen LogP contribution in [0.25, 0.3) is 0 Å². The summed E-state index contributed by atoms with van der Waals surface area (Å²) >= 11 is 0. The van der Waals surface area contributed by atoms with Crippen LogP contribution in [0.5, 0.6) is 0 Å². The van der Waals surface area contributed by atoms with Gasteiger partial charge in [0.15, 0.2) is 0 Å². The number of carbonyl (C=O) groups excluding carboxylic acids is 1. The highest BCUT2D eigenvalue weighted by atomic mass is 16.3. The van der Waals surface area contributed by atoms with Gasteiger partial charge in [0.1, 0.15) is 0 Å². The van der Waals surface area contributed by atoms with Crippen molar-refractivity contribution in [3.63, 3.8) is 0 Å². The van der Waals surface area contributed by atoms with Crippen molar-refractivity contribution in [2.24, 2.45) is 0 Å². The van der Waals surface area contributed by atoms with E-state index in [9.17, 15) is 4.79 Å². The van der Waals surface area contributed by atoms with Gasteiger partial charge in [-0.2, -0.15) is 0 Å². The topological polar surface area (TPSA) is 61.4 Å². The number of hydrogen-bond donors (Lipinski definition) is 3. The molecule has 0 spiro atoms. The molecule has 0 aromatic rings. The van der Waals surface area contributed by atoms with E-state index < -0.39 is 0 Å². The Balaban J connectivity index is 0.000000227. The fourth-order valence-electron chi connectivity index (χ4n) is 1.26.